The standard InChI is InChI=1S/C22H25BrN2O3/c1-22(2,17-7-9-18(23)10-8-17)15-25-21(26)5-4-12-28-19-11-6-16(14-24)13-20(19)27-3/h6-11,13H,4-5,12,15H2,1-3H3,(H,25,26). The lowest BCUT2D eigenvalue weighted by Crippen LogP contribution is -2.36. The molecule has 2 aromatic carbocycles. The Morgan fingerprint density at radius 3 is 2.54 bits per heavy atom. The van der Waals surface area contributed by atoms with Crippen molar-refractivity contribution in [3.05, 3.63) is 58.1 Å². The second-order valence-corrected chi connectivity index (χ2v) is 8.01. The average Bonchev–Trinajstić information content (AvgIpc) is 2.70. The van der Waals surface area contributed by atoms with Gasteiger partial charge in [-0.05, 0) is 36.2 Å². The average molecular weight is 445 g/mol. The second kappa shape index (κ2) is 10.1. The first-order valence-electron chi connectivity index (χ1n) is 9.09. The molecule has 6 heteroatoms. The number of ether oxygens (including phenoxy) is 2. The number of nitrogens with one attached hydrogen (secondary N) is 1. The van der Waals surface area contributed by atoms with Crippen LogP contribution in [0.5, 0.6) is 11.5 Å². The Bertz CT molecular complexity index is 842. The lowest BCUT2D eigenvalue weighted by Gasteiger charge is -2.25. The molecule has 0 heterocycles. The maximum Gasteiger partial charge on any atom is 0.220 e. The van der Waals surface area contributed by atoms with Crippen molar-refractivity contribution in [2.45, 2.75) is 32.1 Å². The van der Waals surface area contributed by atoms with Crippen molar-refractivity contribution >= 4 is 21.8 Å². The number of benzene rings is 2. The van der Waals surface area contributed by atoms with E-state index in [0.29, 0.717) is 43.1 Å². The molecule has 0 radical (unpaired) electrons. The first-order valence-corrected chi connectivity index (χ1v) is 9.88. The zero-order chi connectivity index (χ0) is 20.6. The van der Waals surface area contributed by atoms with E-state index in [1.807, 2.05) is 12.1 Å². The molecule has 28 heavy (non-hydrogen) atoms. The van der Waals surface area contributed by atoms with E-state index in [-0.39, 0.29) is 11.3 Å². The van der Waals surface area contributed by atoms with Gasteiger partial charge in [0.05, 0.1) is 25.3 Å². The summed E-state index contributed by atoms with van der Waals surface area (Å²) in [4.78, 5) is 12.2. The smallest absolute Gasteiger partial charge is 0.220 e. The van der Waals surface area contributed by atoms with Crippen LogP contribution < -0.4 is 14.8 Å². The number of hydrogen-bond acceptors (Lipinski definition) is 4. The Balaban J connectivity index is 1.76. The lowest BCUT2D eigenvalue weighted by molar-refractivity contribution is -0.121. The van der Waals surface area contributed by atoms with Crippen LogP contribution in [0.25, 0.3) is 0 Å². The van der Waals surface area contributed by atoms with Crippen molar-refractivity contribution in [3.8, 4) is 17.6 Å². The van der Waals surface area contributed by atoms with E-state index in [4.69, 9.17) is 14.7 Å². The van der Waals surface area contributed by atoms with Gasteiger partial charge in [0, 0.05) is 28.9 Å². The monoisotopic (exact) mass is 444 g/mol. The Morgan fingerprint density at radius 1 is 1.18 bits per heavy atom. The number of carbonyl (C=O) groups is 1. The van der Waals surface area contributed by atoms with E-state index in [2.05, 4.69) is 53.3 Å². The molecule has 0 bridgehead atoms. The van der Waals surface area contributed by atoms with Crippen LogP contribution >= 0.6 is 15.9 Å². The van der Waals surface area contributed by atoms with E-state index < -0.39 is 0 Å². The minimum atomic E-state index is -0.150. The number of nitrogens with zero attached hydrogens (tertiary/aromatic N) is 1. The van der Waals surface area contributed by atoms with Gasteiger partial charge < -0.3 is 14.8 Å². The van der Waals surface area contributed by atoms with Crippen LogP contribution in [0.3, 0.4) is 0 Å². The second-order valence-electron chi connectivity index (χ2n) is 7.10. The number of carbonyl (C=O) groups excluding carboxylic acids is 1. The van der Waals surface area contributed by atoms with Gasteiger partial charge in [-0.2, -0.15) is 5.26 Å². The first kappa shape index (κ1) is 21.8. The van der Waals surface area contributed by atoms with Crippen molar-refractivity contribution in [1.29, 1.82) is 5.26 Å². The van der Waals surface area contributed by atoms with Gasteiger partial charge in [-0.25, -0.2) is 0 Å². The van der Waals surface area contributed by atoms with Crippen molar-refractivity contribution in [2.75, 3.05) is 20.3 Å². The molecule has 1 amide bonds. The number of halogens is 1. The summed E-state index contributed by atoms with van der Waals surface area (Å²) in [6.45, 7) is 5.18. The van der Waals surface area contributed by atoms with Crippen LogP contribution in [0.4, 0.5) is 0 Å². The van der Waals surface area contributed by atoms with Crippen LogP contribution in [-0.4, -0.2) is 26.2 Å². The summed E-state index contributed by atoms with van der Waals surface area (Å²) < 4.78 is 12.0. The molecule has 0 aliphatic heterocycles. The number of nitriles is 1. The van der Waals surface area contributed by atoms with Crippen LogP contribution in [0.15, 0.2) is 46.9 Å². The molecule has 0 unspecified atom stereocenters. The molecule has 2 aromatic rings. The molecular formula is C22H25BrN2O3. The number of methoxy groups -OCH3 is 1. The third-order valence-corrected chi connectivity index (χ3v) is 4.98. The largest absolute Gasteiger partial charge is 0.493 e. The first-order chi connectivity index (χ1) is 13.4. The molecule has 1 N–H and O–H groups in total. The van der Waals surface area contributed by atoms with Gasteiger partial charge in [0.2, 0.25) is 5.91 Å². The summed E-state index contributed by atoms with van der Waals surface area (Å²) in [5.74, 6) is 1.08. The van der Waals surface area contributed by atoms with E-state index in [1.165, 1.54) is 12.7 Å². The van der Waals surface area contributed by atoms with Crippen molar-refractivity contribution in [2.24, 2.45) is 0 Å². The maximum atomic E-state index is 12.2. The molecule has 5 nitrogen and oxygen atoms in total. The lowest BCUT2D eigenvalue weighted by atomic mass is 9.84. The molecule has 0 fully saturated rings. The molecule has 0 aliphatic carbocycles. The Kier molecular flexibility index (Phi) is 7.89. The molecule has 0 atom stereocenters. The third-order valence-electron chi connectivity index (χ3n) is 4.45. The summed E-state index contributed by atoms with van der Waals surface area (Å²) in [6.07, 6.45) is 0.975. The summed E-state index contributed by atoms with van der Waals surface area (Å²) >= 11 is 3.44. The van der Waals surface area contributed by atoms with Crippen molar-refractivity contribution in [3.63, 3.8) is 0 Å². The number of amides is 1. The highest BCUT2D eigenvalue weighted by molar-refractivity contribution is 9.10. The summed E-state index contributed by atoms with van der Waals surface area (Å²) in [5.41, 5.74) is 1.53. The van der Waals surface area contributed by atoms with Crippen LogP contribution in [0.2, 0.25) is 0 Å². The van der Waals surface area contributed by atoms with E-state index in [9.17, 15) is 4.79 Å². The predicted octanol–water partition coefficient (Wildman–Crippen LogP) is 4.58. The SMILES string of the molecule is COc1cc(C#N)ccc1OCCCC(=O)NCC(C)(C)c1ccc(Br)cc1. The van der Waals surface area contributed by atoms with Gasteiger partial charge in [-0.15, -0.1) is 0 Å². The predicted molar refractivity (Wildman–Crippen MR) is 113 cm³/mol. The zero-order valence-electron chi connectivity index (χ0n) is 16.4. The van der Waals surface area contributed by atoms with E-state index >= 15 is 0 Å². The topological polar surface area (TPSA) is 71.3 Å². The molecular weight excluding hydrogens is 420 g/mol. The van der Waals surface area contributed by atoms with Gasteiger partial charge in [-0.3, -0.25) is 4.79 Å². The summed E-state index contributed by atoms with van der Waals surface area (Å²) in [5, 5.41) is 11.9. The van der Waals surface area contributed by atoms with Crippen molar-refractivity contribution < 1.29 is 14.3 Å². The van der Waals surface area contributed by atoms with E-state index in [1.54, 1.807) is 18.2 Å². The number of hydrogen-bond donors (Lipinski definition) is 1. The molecule has 148 valence electrons. The Hall–Kier alpha value is -2.52. The van der Waals surface area contributed by atoms with Crippen LogP contribution in [0.1, 0.15) is 37.8 Å². The van der Waals surface area contributed by atoms with Crippen LogP contribution in [-0.2, 0) is 10.2 Å². The zero-order valence-corrected chi connectivity index (χ0v) is 18.0. The van der Waals surface area contributed by atoms with Crippen molar-refractivity contribution in [1.82, 2.24) is 5.32 Å². The fourth-order valence-corrected chi connectivity index (χ4v) is 2.95. The molecule has 0 saturated heterocycles. The fourth-order valence-electron chi connectivity index (χ4n) is 2.68. The van der Waals surface area contributed by atoms with Gasteiger partial charge in [0.15, 0.2) is 11.5 Å². The number of rotatable bonds is 9. The Labute approximate surface area is 174 Å². The minimum absolute atomic E-state index is 0.000537. The van der Waals surface area contributed by atoms with Gasteiger partial charge in [-0.1, -0.05) is 41.9 Å². The highest BCUT2D eigenvalue weighted by atomic mass is 79.9. The normalized spacial score (nSPS) is 10.8. The highest BCUT2D eigenvalue weighted by Gasteiger charge is 2.21. The molecule has 0 aromatic heterocycles. The Morgan fingerprint density at radius 2 is 1.89 bits per heavy atom. The third kappa shape index (κ3) is 6.28. The summed E-state index contributed by atoms with van der Waals surface area (Å²) in [6, 6.07) is 15.2. The summed E-state index contributed by atoms with van der Waals surface area (Å²) in [7, 11) is 1.53. The van der Waals surface area contributed by atoms with E-state index in [0.717, 1.165) is 4.47 Å². The highest BCUT2D eigenvalue weighted by Crippen LogP contribution is 2.28. The molecule has 0 aliphatic rings. The molecule has 0 spiro atoms. The minimum Gasteiger partial charge on any atom is -0.493 e. The van der Waals surface area contributed by atoms with Gasteiger partial charge in [0.25, 0.3) is 0 Å². The maximum absolute atomic E-state index is 12.2. The van der Waals surface area contributed by atoms with Crippen LogP contribution in [0, 0.1) is 11.3 Å². The molecule has 0 saturated carbocycles. The van der Waals surface area contributed by atoms with Gasteiger partial charge in [0.1, 0.15) is 0 Å². The van der Waals surface area contributed by atoms with Gasteiger partial charge >= 0.3 is 0 Å². The quantitative estimate of drug-likeness (QED) is 0.574. The molecule has 2 rings (SSSR count). The fraction of sp³-hybridized carbons (Fsp3) is 0.364.